The summed E-state index contributed by atoms with van der Waals surface area (Å²) in [5.41, 5.74) is 2.03. The molecule has 3 N–H and O–H groups in total. The Hall–Kier alpha value is -3.10. The molecule has 2 amide bonds. The minimum atomic E-state index is -0.952. The molecule has 2 heterocycles. The molecule has 0 spiro atoms. The number of benzene rings is 2. The van der Waals surface area contributed by atoms with Crippen LogP contribution >= 0.6 is 23.4 Å². The van der Waals surface area contributed by atoms with Crippen LogP contribution in [0, 0.1) is 6.92 Å². The molecule has 0 saturated heterocycles. The molecule has 1 atom stereocenters. The van der Waals surface area contributed by atoms with Crippen molar-refractivity contribution in [3.8, 4) is 0 Å². The highest BCUT2D eigenvalue weighted by molar-refractivity contribution is 7.98. The highest BCUT2D eigenvalue weighted by atomic mass is 35.5. The number of hydrogen-bond acceptors (Lipinski definition) is 5. The van der Waals surface area contributed by atoms with Gasteiger partial charge in [-0.2, -0.15) is 0 Å². The van der Waals surface area contributed by atoms with Crippen LogP contribution in [0.15, 0.2) is 58.5 Å². The van der Waals surface area contributed by atoms with Crippen LogP contribution in [0.25, 0.3) is 0 Å². The van der Waals surface area contributed by atoms with Crippen LogP contribution < -0.4 is 16.2 Å². The number of halogens is 1. The first-order chi connectivity index (χ1) is 14.9. The van der Waals surface area contributed by atoms with Crippen LogP contribution in [0.5, 0.6) is 0 Å². The summed E-state index contributed by atoms with van der Waals surface area (Å²) in [6.07, 6.45) is -0.139. The van der Waals surface area contributed by atoms with Gasteiger partial charge in [0.1, 0.15) is 5.82 Å². The standard InChI is InChI=1S/C22H19ClN4O3S/c1-12-15(23)8-5-9-16(12)24-20(29)14-10-17(28)25-19-18(14)21(30)27-22(26-19)31-11-13-6-3-2-4-7-13/h2-9,14H,10-11H2,1H3,(H,24,29)(H2,25,26,27,28,30). The van der Waals surface area contributed by atoms with Gasteiger partial charge >= 0.3 is 0 Å². The Morgan fingerprint density at radius 3 is 2.74 bits per heavy atom. The number of H-pyrrole nitrogens is 1. The molecule has 31 heavy (non-hydrogen) atoms. The molecule has 0 radical (unpaired) electrons. The van der Waals surface area contributed by atoms with Crippen molar-refractivity contribution >= 4 is 46.7 Å². The van der Waals surface area contributed by atoms with E-state index in [1.165, 1.54) is 11.8 Å². The van der Waals surface area contributed by atoms with E-state index < -0.39 is 17.4 Å². The molecule has 0 saturated carbocycles. The molecule has 2 aromatic carbocycles. The highest BCUT2D eigenvalue weighted by Gasteiger charge is 2.35. The minimum Gasteiger partial charge on any atom is -0.325 e. The Morgan fingerprint density at radius 1 is 1.19 bits per heavy atom. The second-order valence-electron chi connectivity index (χ2n) is 7.11. The number of thioether (sulfide) groups is 1. The van der Waals surface area contributed by atoms with Crippen LogP contribution in [-0.2, 0) is 15.3 Å². The van der Waals surface area contributed by atoms with Crippen molar-refractivity contribution < 1.29 is 9.59 Å². The van der Waals surface area contributed by atoms with Crippen molar-refractivity contribution in [3.05, 3.63) is 80.6 Å². The number of amides is 2. The molecule has 0 bridgehead atoms. The monoisotopic (exact) mass is 454 g/mol. The first-order valence-electron chi connectivity index (χ1n) is 9.59. The molecule has 1 unspecified atom stereocenters. The van der Waals surface area contributed by atoms with Crippen LogP contribution in [-0.4, -0.2) is 21.8 Å². The number of rotatable bonds is 5. The Morgan fingerprint density at radius 2 is 1.97 bits per heavy atom. The first-order valence-corrected chi connectivity index (χ1v) is 11.0. The summed E-state index contributed by atoms with van der Waals surface area (Å²) in [4.78, 5) is 45.2. The van der Waals surface area contributed by atoms with Gasteiger partial charge in [-0.15, -0.1) is 0 Å². The van der Waals surface area contributed by atoms with Gasteiger partial charge in [-0.05, 0) is 30.2 Å². The number of nitrogens with zero attached hydrogens (tertiary/aromatic N) is 1. The van der Waals surface area contributed by atoms with Gasteiger partial charge in [0.25, 0.3) is 5.56 Å². The zero-order valence-corrected chi connectivity index (χ0v) is 18.1. The van der Waals surface area contributed by atoms with Crippen LogP contribution in [0.4, 0.5) is 11.5 Å². The molecule has 0 fully saturated rings. The van der Waals surface area contributed by atoms with Crippen molar-refractivity contribution in [1.82, 2.24) is 9.97 Å². The third-order valence-electron chi connectivity index (χ3n) is 4.99. The van der Waals surface area contributed by atoms with Crippen molar-refractivity contribution in [1.29, 1.82) is 0 Å². The maximum Gasteiger partial charge on any atom is 0.257 e. The fraction of sp³-hybridized carbons (Fsp3) is 0.182. The number of aromatic nitrogens is 2. The molecule has 1 aromatic heterocycles. The molecule has 1 aliphatic rings. The number of nitrogens with one attached hydrogen (secondary N) is 3. The number of fused-ring (bicyclic) bond motifs is 1. The van der Waals surface area contributed by atoms with E-state index in [0.29, 0.717) is 27.2 Å². The molecule has 9 heteroatoms. The molecule has 0 aliphatic carbocycles. The molecule has 7 nitrogen and oxygen atoms in total. The first kappa shape index (κ1) is 21.1. The maximum atomic E-state index is 13.0. The van der Waals surface area contributed by atoms with Gasteiger partial charge in [0.2, 0.25) is 11.8 Å². The molecular formula is C22H19ClN4O3S. The lowest BCUT2D eigenvalue weighted by Crippen LogP contribution is -2.36. The Bertz CT molecular complexity index is 1210. The Labute approximate surface area is 187 Å². The van der Waals surface area contributed by atoms with E-state index in [4.69, 9.17) is 11.6 Å². The van der Waals surface area contributed by atoms with Crippen molar-refractivity contribution in [2.24, 2.45) is 0 Å². The van der Waals surface area contributed by atoms with E-state index in [-0.39, 0.29) is 23.7 Å². The largest absolute Gasteiger partial charge is 0.325 e. The van der Waals surface area contributed by atoms with Gasteiger partial charge in [0.15, 0.2) is 5.16 Å². The molecule has 3 aromatic rings. The highest BCUT2D eigenvalue weighted by Crippen LogP contribution is 2.32. The van der Waals surface area contributed by atoms with Gasteiger partial charge in [-0.3, -0.25) is 14.4 Å². The lowest BCUT2D eigenvalue weighted by atomic mass is 9.92. The normalized spacial score (nSPS) is 15.2. The van der Waals surface area contributed by atoms with Crippen LogP contribution in [0.1, 0.15) is 29.0 Å². The fourth-order valence-corrected chi connectivity index (χ4v) is 4.32. The minimum absolute atomic E-state index is 0.124. The average Bonchev–Trinajstić information content (AvgIpc) is 2.75. The zero-order valence-electron chi connectivity index (χ0n) is 16.6. The zero-order chi connectivity index (χ0) is 22.0. The second kappa shape index (κ2) is 8.95. The summed E-state index contributed by atoms with van der Waals surface area (Å²) in [5, 5.41) is 6.29. The number of anilines is 2. The third-order valence-corrected chi connectivity index (χ3v) is 6.34. The van der Waals surface area contributed by atoms with Gasteiger partial charge in [-0.25, -0.2) is 4.98 Å². The van der Waals surface area contributed by atoms with Gasteiger partial charge in [-0.1, -0.05) is 59.8 Å². The summed E-state index contributed by atoms with van der Waals surface area (Å²) in [7, 11) is 0. The number of carbonyl (C=O) groups is 2. The van der Waals surface area contributed by atoms with E-state index in [0.717, 1.165) is 5.56 Å². The SMILES string of the molecule is Cc1c(Cl)cccc1NC(=O)C1CC(=O)Nc2nc(SCc3ccccc3)[nH]c(=O)c21. The quantitative estimate of drug-likeness (QED) is 0.398. The summed E-state index contributed by atoms with van der Waals surface area (Å²) in [6.45, 7) is 1.78. The summed E-state index contributed by atoms with van der Waals surface area (Å²) in [6, 6.07) is 14.9. The lowest BCUT2D eigenvalue weighted by Gasteiger charge is -2.24. The van der Waals surface area contributed by atoms with Crippen LogP contribution in [0.2, 0.25) is 5.02 Å². The summed E-state index contributed by atoms with van der Waals surface area (Å²) in [5.74, 6) is -1.05. The number of hydrogen-bond donors (Lipinski definition) is 3. The van der Waals surface area contributed by atoms with Gasteiger partial charge in [0, 0.05) is 22.9 Å². The smallest absolute Gasteiger partial charge is 0.257 e. The Balaban J connectivity index is 1.60. The lowest BCUT2D eigenvalue weighted by molar-refractivity contribution is -0.123. The third kappa shape index (κ3) is 4.65. The average molecular weight is 455 g/mol. The van der Waals surface area contributed by atoms with Gasteiger partial charge in [0.05, 0.1) is 11.5 Å². The van der Waals surface area contributed by atoms with E-state index in [2.05, 4.69) is 20.6 Å². The maximum absolute atomic E-state index is 13.0. The molecule has 4 rings (SSSR count). The van der Waals surface area contributed by atoms with Crippen molar-refractivity contribution in [3.63, 3.8) is 0 Å². The van der Waals surface area contributed by atoms with E-state index in [1.54, 1.807) is 25.1 Å². The predicted molar refractivity (Wildman–Crippen MR) is 122 cm³/mol. The summed E-state index contributed by atoms with van der Waals surface area (Å²) >= 11 is 7.47. The topological polar surface area (TPSA) is 104 Å². The molecule has 1 aliphatic heterocycles. The van der Waals surface area contributed by atoms with Crippen molar-refractivity contribution in [2.75, 3.05) is 10.6 Å². The number of carbonyl (C=O) groups excluding carboxylic acids is 2. The van der Waals surface area contributed by atoms with Gasteiger partial charge < -0.3 is 15.6 Å². The fourth-order valence-electron chi connectivity index (χ4n) is 3.33. The van der Waals surface area contributed by atoms with E-state index in [9.17, 15) is 14.4 Å². The van der Waals surface area contributed by atoms with Crippen LogP contribution in [0.3, 0.4) is 0 Å². The predicted octanol–water partition coefficient (Wildman–Crippen LogP) is 4.09. The van der Waals surface area contributed by atoms with E-state index >= 15 is 0 Å². The molecule has 158 valence electrons. The second-order valence-corrected chi connectivity index (χ2v) is 8.49. The van der Waals surface area contributed by atoms with E-state index in [1.807, 2.05) is 30.3 Å². The van der Waals surface area contributed by atoms with Crippen molar-refractivity contribution in [2.45, 2.75) is 30.2 Å². The number of aromatic amines is 1. The Kier molecular flexibility index (Phi) is 6.11. The molecular weight excluding hydrogens is 436 g/mol. The summed E-state index contributed by atoms with van der Waals surface area (Å²) < 4.78 is 0.